The van der Waals surface area contributed by atoms with Crippen LogP contribution in [0.4, 0.5) is 10.1 Å². The standard InChI is InChI=1S/C17H21FN2/c1-3-20(13-14-7-5-4-6-8-14)17-11-15(12-19-2)9-10-16(17)18/h4-11,19H,3,12-13H2,1-2H3. The second kappa shape index (κ2) is 7.06. The van der Waals surface area contributed by atoms with Crippen molar-refractivity contribution in [2.75, 3.05) is 18.5 Å². The summed E-state index contributed by atoms with van der Waals surface area (Å²) < 4.78 is 14.1. The van der Waals surface area contributed by atoms with Gasteiger partial charge in [0.2, 0.25) is 0 Å². The molecule has 0 spiro atoms. The third-order valence-electron chi connectivity index (χ3n) is 3.33. The van der Waals surface area contributed by atoms with E-state index in [0.717, 1.165) is 25.2 Å². The van der Waals surface area contributed by atoms with Crippen molar-refractivity contribution in [2.24, 2.45) is 0 Å². The van der Waals surface area contributed by atoms with E-state index in [9.17, 15) is 4.39 Å². The zero-order chi connectivity index (χ0) is 14.4. The molecule has 0 aliphatic heterocycles. The molecule has 20 heavy (non-hydrogen) atoms. The molecule has 0 bridgehead atoms. The van der Waals surface area contributed by atoms with Crippen LogP contribution in [0.15, 0.2) is 48.5 Å². The lowest BCUT2D eigenvalue weighted by atomic mass is 10.1. The van der Waals surface area contributed by atoms with E-state index in [0.29, 0.717) is 5.69 Å². The summed E-state index contributed by atoms with van der Waals surface area (Å²) >= 11 is 0. The normalized spacial score (nSPS) is 10.6. The Bertz CT molecular complexity index is 540. The molecule has 0 saturated heterocycles. The van der Waals surface area contributed by atoms with E-state index in [2.05, 4.69) is 22.3 Å². The molecule has 0 fully saturated rings. The predicted octanol–water partition coefficient (Wildman–Crippen LogP) is 3.57. The van der Waals surface area contributed by atoms with Crippen LogP contribution in [0.25, 0.3) is 0 Å². The van der Waals surface area contributed by atoms with Gasteiger partial charge in [0.1, 0.15) is 5.82 Å². The topological polar surface area (TPSA) is 15.3 Å². The van der Waals surface area contributed by atoms with Crippen LogP contribution in [0.1, 0.15) is 18.1 Å². The first-order valence-electron chi connectivity index (χ1n) is 6.96. The number of nitrogens with one attached hydrogen (secondary N) is 1. The zero-order valence-corrected chi connectivity index (χ0v) is 12.1. The maximum absolute atomic E-state index is 14.1. The summed E-state index contributed by atoms with van der Waals surface area (Å²) in [5.74, 6) is -0.164. The second-order valence-electron chi connectivity index (χ2n) is 4.82. The maximum atomic E-state index is 14.1. The molecule has 1 N–H and O–H groups in total. The molecule has 0 unspecified atom stereocenters. The quantitative estimate of drug-likeness (QED) is 0.865. The smallest absolute Gasteiger partial charge is 0.146 e. The first-order chi connectivity index (χ1) is 9.74. The van der Waals surface area contributed by atoms with Gasteiger partial charge >= 0.3 is 0 Å². The number of hydrogen-bond acceptors (Lipinski definition) is 2. The van der Waals surface area contributed by atoms with Gasteiger partial charge in [0.05, 0.1) is 5.69 Å². The highest BCUT2D eigenvalue weighted by atomic mass is 19.1. The minimum atomic E-state index is -0.164. The van der Waals surface area contributed by atoms with Gasteiger partial charge in [-0.3, -0.25) is 0 Å². The lowest BCUT2D eigenvalue weighted by Crippen LogP contribution is -2.23. The third kappa shape index (κ3) is 3.58. The molecule has 0 aliphatic carbocycles. The van der Waals surface area contributed by atoms with Crippen molar-refractivity contribution in [2.45, 2.75) is 20.0 Å². The maximum Gasteiger partial charge on any atom is 0.146 e. The van der Waals surface area contributed by atoms with Crippen LogP contribution in [-0.4, -0.2) is 13.6 Å². The molecular weight excluding hydrogens is 251 g/mol. The Morgan fingerprint density at radius 2 is 1.80 bits per heavy atom. The largest absolute Gasteiger partial charge is 0.365 e. The van der Waals surface area contributed by atoms with Gasteiger partial charge in [0, 0.05) is 19.6 Å². The van der Waals surface area contributed by atoms with Crippen LogP contribution < -0.4 is 10.2 Å². The van der Waals surface area contributed by atoms with Gasteiger partial charge in [-0.25, -0.2) is 4.39 Å². The summed E-state index contributed by atoms with van der Waals surface area (Å²) in [6, 6.07) is 15.5. The molecule has 0 radical (unpaired) electrons. The highest BCUT2D eigenvalue weighted by Gasteiger charge is 2.11. The summed E-state index contributed by atoms with van der Waals surface area (Å²) in [6.07, 6.45) is 0. The first-order valence-corrected chi connectivity index (χ1v) is 6.96. The van der Waals surface area contributed by atoms with E-state index in [1.165, 1.54) is 5.56 Å². The molecule has 3 heteroatoms. The molecule has 2 aromatic carbocycles. The van der Waals surface area contributed by atoms with Crippen LogP contribution >= 0.6 is 0 Å². The Hall–Kier alpha value is -1.87. The summed E-state index contributed by atoms with van der Waals surface area (Å²) in [6.45, 7) is 4.29. The third-order valence-corrected chi connectivity index (χ3v) is 3.33. The minimum Gasteiger partial charge on any atom is -0.365 e. The molecule has 0 amide bonds. The second-order valence-corrected chi connectivity index (χ2v) is 4.82. The molecular formula is C17H21FN2. The molecule has 0 saturated carbocycles. The molecule has 2 aromatic rings. The molecule has 0 aromatic heterocycles. The Morgan fingerprint density at radius 1 is 1.05 bits per heavy atom. The van der Waals surface area contributed by atoms with Crippen molar-refractivity contribution in [1.82, 2.24) is 5.32 Å². The first kappa shape index (κ1) is 14.5. The predicted molar refractivity (Wildman–Crippen MR) is 82.3 cm³/mol. The molecule has 2 rings (SSSR count). The van der Waals surface area contributed by atoms with Gasteiger partial charge in [-0.2, -0.15) is 0 Å². The number of hydrogen-bond donors (Lipinski definition) is 1. The van der Waals surface area contributed by atoms with E-state index in [1.807, 2.05) is 44.3 Å². The number of benzene rings is 2. The molecule has 106 valence electrons. The van der Waals surface area contributed by atoms with Crippen molar-refractivity contribution in [3.63, 3.8) is 0 Å². The average molecular weight is 272 g/mol. The van der Waals surface area contributed by atoms with Crippen LogP contribution in [-0.2, 0) is 13.1 Å². The molecule has 0 aliphatic rings. The van der Waals surface area contributed by atoms with E-state index in [4.69, 9.17) is 0 Å². The summed E-state index contributed by atoms with van der Waals surface area (Å²) in [7, 11) is 1.89. The lowest BCUT2D eigenvalue weighted by Gasteiger charge is -2.24. The molecule has 0 atom stereocenters. The van der Waals surface area contributed by atoms with Crippen molar-refractivity contribution >= 4 is 5.69 Å². The molecule has 2 nitrogen and oxygen atoms in total. The Morgan fingerprint density at radius 3 is 2.45 bits per heavy atom. The van der Waals surface area contributed by atoms with Gasteiger partial charge in [0.25, 0.3) is 0 Å². The van der Waals surface area contributed by atoms with Gasteiger partial charge in [-0.1, -0.05) is 36.4 Å². The van der Waals surface area contributed by atoms with Crippen LogP contribution in [0, 0.1) is 5.82 Å². The van der Waals surface area contributed by atoms with Crippen LogP contribution in [0.3, 0.4) is 0 Å². The number of halogens is 1. The summed E-state index contributed by atoms with van der Waals surface area (Å²) in [5, 5.41) is 3.10. The zero-order valence-electron chi connectivity index (χ0n) is 12.1. The fourth-order valence-corrected chi connectivity index (χ4v) is 2.29. The van der Waals surface area contributed by atoms with E-state index in [1.54, 1.807) is 6.07 Å². The Kier molecular flexibility index (Phi) is 5.13. The van der Waals surface area contributed by atoms with Gasteiger partial charge in [-0.15, -0.1) is 0 Å². The summed E-state index contributed by atoms with van der Waals surface area (Å²) in [5.41, 5.74) is 2.95. The fraction of sp³-hybridized carbons (Fsp3) is 0.294. The van der Waals surface area contributed by atoms with Crippen LogP contribution in [0.2, 0.25) is 0 Å². The van der Waals surface area contributed by atoms with E-state index >= 15 is 0 Å². The van der Waals surface area contributed by atoms with Crippen molar-refractivity contribution < 1.29 is 4.39 Å². The van der Waals surface area contributed by atoms with Gasteiger partial charge in [0.15, 0.2) is 0 Å². The monoisotopic (exact) mass is 272 g/mol. The van der Waals surface area contributed by atoms with Gasteiger partial charge < -0.3 is 10.2 Å². The SMILES string of the molecule is CCN(Cc1ccccc1)c1cc(CNC)ccc1F. The van der Waals surface area contributed by atoms with E-state index < -0.39 is 0 Å². The van der Waals surface area contributed by atoms with Crippen LogP contribution in [0.5, 0.6) is 0 Å². The highest BCUT2D eigenvalue weighted by Crippen LogP contribution is 2.23. The summed E-state index contributed by atoms with van der Waals surface area (Å²) in [4.78, 5) is 2.06. The van der Waals surface area contributed by atoms with Crippen molar-refractivity contribution in [3.8, 4) is 0 Å². The van der Waals surface area contributed by atoms with Gasteiger partial charge in [-0.05, 0) is 37.2 Å². The van der Waals surface area contributed by atoms with Crippen molar-refractivity contribution in [1.29, 1.82) is 0 Å². The van der Waals surface area contributed by atoms with Crippen molar-refractivity contribution in [3.05, 3.63) is 65.5 Å². The number of rotatable bonds is 6. The molecule has 0 heterocycles. The number of anilines is 1. The Labute approximate surface area is 120 Å². The highest BCUT2D eigenvalue weighted by molar-refractivity contribution is 5.50. The average Bonchev–Trinajstić information content (AvgIpc) is 2.48. The minimum absolute atomic E-state index is 0.164. The Balaban J connectivity index is 2.24. The lowest BCUT2D eigenvalue weighted by molar-refractivity contribution is 0.616. The number of nitrogens with zero attached hydrogens (tertiary/aromatic N) is 1. The fourth-order valence-electron chi connectivity index (χ4n) is 2.29. The van der Waals surface area contributed by atoms with E-state index in [-0.39, 0.29) is 5.82 Å².